The minimum Gasteiger partial charge on any atom is -0.353 e. The lowest BCUT2D eigenvalue weighted by Gasteiger charge is -2.24. The van der Waals surface area contributed by atoms with Crippen molar-refractivity contribution in [3.05, 3.63) is 47.9 Å². The van der Waals surface area contributed by atoms with E-state index in [2.05, 4.69) is 4.98 Å². The molecule has 1 aromatic carbocycles. The molecule has 1 fully saturated rings. The van der Waals surface area contributed by atoms with Gasteiger partial charge in [0.15, 0.2) is 17.8 Å². The van der Waals surface area contributed by atoms with Gasteiger partial charge in [0.2, 0.25) is 6.41 Å². The molecule has 1 atom stereocenters. The van der Waals surface area contributed by atoms with Gasteiger partial charge in [-0.1, -0.05) is 30.3 Å². The van der Waals surface area contributed by atoms with Gasteiger partial charge in [0.25, 0.3) is 5.91 Å². The molecule has 1 saturated heterocycles. The molecule has 0 N–H and O–H groups in total. The van der Waals surface area contributed by atoms with Gasteiger partial charge in [0.05, 0.1) is 12.9 Å². The average molecular weight is 429 g/mol. The summed E-state index contributed by atoms with van der Waals surface area (Å²) >= 11 is 0. The number of carbonyl (C=O) groups is 2. The monoisotopic (exact) mass is 428 g/mol. The average Bonchev–Trinajstić information content (AvgIpc) is 3.21. The maximum absolute atomic E-state index is 13.3. The van der Waals surface area contributed by atoms with Gasteiger partial charge < -0.3 is 18.9 Å². The largest absolute Gasteiger partial charge is 0.353 e. The highest BCUT2D eigenvalue weighted by atomic mass is 16.7. The van der Waals surface area contributed by atoms with Crippen LogP contribution in [0.4, 0.5) is 5.82 Å². The summed E-state index contributed by atoms with van der Waals surface area (Å²) < 4.78 is 13.2. The Balaban J connectivity index is 1.67. The van der Waals surface area contributed by atoms with Crippen molar-refractivity contribution in [2.45, 2.75) is 45.4 Å². The van der Waals surface area contributed by atoms with Crippen LogP contribution < -0.4 is 4.90 Å². The number of aromatic nitrogens is 2. The molecular formula is C23H32N4O4. The lowest BCUT2D eigenvalue weighted by Crippen LogP contribution is -2.33. The predicted octanol–water partition coefficient (Wildman–Crippen LogP) is 2.92. The van der Waals surface area contributed by atoms with Crippen LogP contribution in [-0.2, 0) is 20.8 Å². The number of hydrogen-bond acceptors (Lipinski definition) is 5. The van der Waals surface area contributed by atoms with Gasteiger partial charge in [0, 0.05) is 33.3 Å². The van der Waals surface area contributed by atoms with Gasteiger partial charge in [-0.3, -0.25) is 14.5 Å². The molecule has 1 aromatic heterocycles. The first-order valence-corrected chi connectivity index (χ1v) is 10.9. The number of ether oxygens (including phenoxy) is 2. The molecule has 1 unspecified atom stereocenters. The number of benzene rings is 1. The molecule has 1 aliphatic rings. The quantitative estimate of drug-likeness (QED) is 0.406. The van der Waals surface area contributed by atoms with E-state index in [9.17, 15) is 9.59 Å². The van der Waals surface area contributed by atoms with Crippen molar-refractivity contribution in [3.63, 3.8) is 0 Å². The second kappa shape index (κ2) is 11.6. The fourth-order valence-corrected chi connectivity index (χ4v) is 3.62. The summed E-state index contributed by atoms with van der Waals surface area (Å²) in [4.78, 5) is 32.4. The molecule has 31 heavy (non-hydrogen) atoms. The Bertz CT molecular complexity index is 833. The van der Waals surface area contributed by atoms with E-state index in [1.165, 1.54) is 4.90 Å². The van der Waals surface area contributed by atoms with Crippen LogP contribution in [0.5, 0.6) is 0 Å². The first-order chi connectivity index (χ1) is 15.1. The summed E-state index contributed by atoms with van der Waals surface area (Å²) in [6.45, 7) is 4.62. The van der Waals surface area contributed by atoms with Crippen molar-refractivity contribution in [2.24, 2.45) is 0 Å². The van der Waals surface area contributed by atoms with Crippen LogP contribution in [0.3, 0.4) is 0 Å². The second-order valence-electron chi connectivity index (χ2n) is 7.67. The van der Waals surface area contributed by atoms with E-state index in [1.807, 2.05) is 41.8 Å². The molecular weight excluding hydrogens is 396 g/mol. The van der Waals surface area contributed by atoms with Gasteiger partial charge in [-0.2, -0.15) is 0 Å². The number of carbonyl (C=O) groups excluding carboxylic acids is 2. The number of hydrogen-bond donors (Lipinski definition) is 0. The predicted molar refractivity (Wildman–Crippen MR) is 118 cm³/mol. The molecule has 0 radical (unpaired) electrons. The third kappa shape index (κ3) is 6.15. The molecule has 3 rings (SSSR count). The Labute approximate surface area is 183 Å². The smallest absolute Gasteiger partial charge is 0.274 e. The molecule has 168 valence electrons. The Morgan fingerprint density at radius 2 is 2.13 bits per heavy atom. The van der Waals surface area contributed by atoms with Crippen molar-refractivity contribution in [2.75, 3.05) is 38.3 Å². The van der Waals surface area contributed by atoms with Crippen LogP contribution in [0, 0.1) is 0 Å². The lowest BCUT2D eigenvalue weighted by molar-refractivity contribution is -0.162. The summed E-state index contributed by atoms with van der Waals surface area (Å²) in [5.74, 6) is 0.217. The van der Waals surface area contributed by atoms with Gasteiger partial charge in [-0.15, -0.1) is 0 Å². The highest BCUT2D eigenvalue weighted by Gasteiger charge is 2.25. The molecule has 1 aliphatic heterocycles. The SMILES string of the molecule is CCN(C=O)c1ncn(Cc2ccccc2)c1C(=O)N(C)CCCOC1CCCCO1. The van der Waals surface area contributed by atoms with Crippen molar-refractivity contribution >= 4 is 18.1 Å². The van der Waals surface area contributed by atoms with Gasteiger partial charge >= 0.3 is 0 Å². The Hall–Kier alpha value is -2.71. The maximum atomic E-state index is 13.3. The number of amides is 2. The first kappa shape index (κ1) is 23.0. The van der Waals surface area contributed by atoms with Gasteiger partial charge in [0.1, 0.15) is 0 Å². The van der Waals surface area contributed by atoms with Crippen LogP contribution in [0.25, 0.3) is 0 Å². The molecule has 2 heterocycles. The Morgan fingerprint density at radius 1 is 1.32 bits per heavy atom. The summed E-state index contributed by atoms with van der Waals surface area (Å²) in [5.41, 5.74) is 1.47. The summed E-state index contributed by atoms with van der Waals surface area (Å²) in [7, 11) is 1.76. The maximum Gasteiger partial charge on any atom is 0.274 e. The summed E-state index contributed by atoms with van der Waals surface area (Å²) in [6, 6.07) is 9.87. The normalized spacial score (nSPS) is 16.1. The zero-order valence-electron chi connectivity index (χ0n) is 18.4. The van der Waals surface area contributed by atoms with E-state index in [0.717, 1.165) is 31.4 Å². The second-order valence-corrected chi connectivity index (χ2v) is 7.67. The van der Waals surface area contributed by atoms with Crippen LogP contribution in [0.1, 0.15) is 48.7 Å². The van der Waals surface area contributed by atoms with Crippen molar-refractivity contribution in [3.8, 4) is 0 Å². The molecule has 8 heteroatoms. The van der Waals surface area contributed by atoms with E-state index < -0.39 is 0 Å². The molecule has 2 amide bonds. The topological polar surface area (TPSA) is 76.9 Å². The summed E-state index contributed by atoms with van der Waals surface area (Å²) in [6.07, 6.45) is 6.06. The zero-order chi connectivity index (χ0) is 22.1. The third-order valence-electron chi connectivity index (χ3n) is 5.38. The van der Waals surface area contributed by atoms with Gasteiger partial charge in [-0.25, -0.2) is 4.98 Å². The Kier molecular flexibility index (Phi) is 8.61. The zero-order valence-corrected chi connectivity index (χ0v) is 18.4. The fraction of sp³-hybridized carbons (Fsp3) is 0.522. The molecule has 0 aliphatic carbocycles. The first-order valence-electron chi connectivity index (χ1n) is 10.9. The lowest BCUT2D eigenvalue weighted by atomic mass is 10.2. The van der Waals surface area contributed by atoms with Crippen LogP contribution in [0.2, 0.25) is 0 Å². The van der Waals surface area contributed by atoms with E-state index in [1.54, 1.807) is 18.3 Å². The highest BCUT2D eigenvalue weighted by Crippen LogP contribution is 2.21. The molecule has 0 bridgehead atoms. The van der Waals surface area contributed by atoms with E-state index in [0.29, 0.717) is 50.6 Å². The number of rotatable bonds is 11. The van der Waals surface area contributed by atoms with Gasteiger partial charge in [-0.05, 0) is 38.2 Å². The number of imidazole rings is 1. The van der Waals surface area contributed by atoms with Crippen molar-refractivity contribution < 1.29 is 19.1 Å². The standard InChI is InChI=1S/C23H32N4O4/c1-3-26(18-28)22-21(27(17-24-22)16-19-10-5-4-6-11-19)23(29)25(2)13-9-15-31-20-12-7-8-14-30-20/h4-6,10-11,17-18,20H,3,7-9,12-16H2,1-2H3. The Morgan fingerprint density at radius 3 is 2.81 bits per heavy atom. The minimum absolute atomic E-state index is 0.126. The third-order valence-corrected chi connectivity index (χ3v) is 5.38. The van der Waals surface area contributed by atoms with E-state index in [4.69, 9.17) is 9.47 Å². The molecule has 0 spiro atoms. The molecule has 2 aromatic rings. The van der Waals surface area contributed by atoms with Crippen molar-refractivity contribution in [1.82, 2.24) is 14.5 Å². The molecule has 0 saturated carbocycles. The van der Waals surface area contributed by atoms with Crippen LogP contribution in [-0.4, -0.2) is 66.4 Å². The van der Waals surface area contributed by atoms with Crippen LogP contribution >= 0.6 is 0 Å². The highest BCUT2D eigenvalue weighted by molar-refractivity contribution is 5.99. The molecule has 8 nitrogen and oxygen atoms in total. The number of anilines is 1. The van der Waals surface area contributed by atoms with E-state index >= 15 is 0 Å². The fourth-order valence-electron chi connectivity index (χ4n) is 3.62. The summed E-state index contributed by atoms with van der Waals surface area (Å²) in [5, 5.41) is 0. The van der Waals surface area contributed by atoms with E-state index in [-0.39, 0.29) is 12.2 Å². The number of nitrogens with zero attached hydrogens (tertiary/aromatic N) is 4. The van der Waals surface area contributed by atoms with Crippen LogP contribution in [0.15, 0.2) is 36.7 Å². The van der Waals surface area contributed by atoms with Crippen molar-refractivity contribution in [1.29, 1.82) is 0 Å². The minimum atomic E-state index is -0.169.